The molecule has 10 heavy (non-hydrogen) atoms. The van der Waals surface area contributed by atoms with Crippen LogP contribution in [0.25, 0.3) is 0 Å². The Morgan fingerprint density at radius 1 is 1.40 bits per heavy atom. The van der Waals surface area contributed by atoms with E-state index in [9.17, 15) is 0 Å². The van der Waals surface area contributed by atoms with Gasteiger partial charge in [0.15, 0.2) is 0 Å². The summed E-state index contributed by atoms with van der Waals surface area (Å²) in [6.45, 7) is 4.29. The van der Waals surface area contributed by atoms with E-state index >= 15 is 0 Å². The van der Waals surface area contributed by atoms with E-state index in [4.69, 9.17) is 5.11 Å². The van der Waals surface area contributed by atoms with Crippen LogP contribution in [0.5, 0.6) is 0 Å². The minimum Gasteiger partial charge on any atom is -0.516 e. The summed E-state index contributed by atoms with van der Waals surface area (Å²) in [7, 11) is 0. The van der Waals surface area contributed by atoms with Crippen LogP contribution >= 0.6 is 0 Å². The average Bonchev–Trinajstić information content (AvgIpc) is 1.98. The lowest BCUT2D eigenvalue weighted by Crippen LogP contribution is -1.78. The van der Waals surface area contributed by atoms with E-state index in [1.165, 1.54) is 12.0 Å². The molecule has 0 aliphatic carbocycles. The van der Waals surface area contributed by atoms with Crippen LogP contribution in [0.2, 0.25) is 0 Å². The van der Waals surface area contributed by atoms with E-state index in [-0.39, 0.29) is 0 Å². The van der Waals surface area contributed by atoms with E-state index in [0.717, 1.165) is 19.1 Å². The summed E-state index contributed by atoms with van der Waals surface area (Å²) in [6, 6.07) is 0. The molecule has 0 aliphatic rings. The lowest BCUT2D eigenvalue weighted by molar-refractivity contribution is 0.473. The third kappa shape index (κ3) is 4.19. The summed E-state index contributed by atoms with van der Waals surface area (Å²) in [4.78, 5) is 0. The Hall–Kier alpha value is -0.720. The summed E-state index contributed by atoms with van der Waals surface area (Å²) in [5.74, 6) is 0. The van der Waals surface area contributed by atoms with E-state index in [2.05, 4.69) is 13.8 Å². The Kier molecular flexibility index (Phi) is 5.94. The third-order valence-corrected chi connectivity index (χ3v) is 1.44. The van der Waals surface area contributed by atoms with Crippen molar-refractivity contribution in [1.29, 1.82) is 0 Å². The first-order valence-electron chi connectivity index (χ1n) is 3.83. The van der Waals surface area contributed by atoms with Gasteiger partial charge in [-0.2, -0.15) is 0 Å². The summed E-state index contributed by atoms with van der Waals surface area (Å²) in [5.41, 5.74) is 1.40. The molecule has 0 amide bonds. The van der Waals surface area contributed by atoms with Gasteiger partial charge in [0.1, 0.15) is 0 Å². The molecule has 0 atom stereocenters. The first-order valence-corrected chi connectivity index (χ1v) is 3.83. The first kappa shape index (κ1) is 9.28. The number of rotatable bonds is 4. The zero-order valence-corrected chi connectivity index (χ0v) is 6.80. The molecule has 0 unspecified atom stereocenters. The van der Waals surface area contributed by atoms with Gasteiger partial charge in [0.2, 0.25) is 0 Å². The van der Waals surface area contributed by atoms with Gasteiger partial charge in [-0.3, -0.25) is 0 Å². The maximum absolute atomic E-state index is 8.35. The van der Waals surface area contributed by atoms with Crippen molar-refractivity contribution in [2.75, 3.05) is 0 Å². The van der Waals surface area contributed by atoms with Crippen molar-refractivity contribution in [3.63, 3.8) is 0 Å². The van der Waals surface area contributed by atoms with Gasteiger partial charge in [0.05, 0.1) is 6.26 Å². The van der Waals surface area contributed by atoms with Crippen molar-refractivity contribution in [2.24, 2.45) is 0 Å². The van der Waals surface area contributed by atoms with E-state index < -0.39 is 0 Å². The molecule has 0 bridgehead atoms. The molecule has 0 saturated heterocycles. The van der Waals surface area contributed by atoms with Crippen molar-refractivity contribution in [1.82, 2.24) is 0 Å². The van der Waals surface area contributed by atoms with E-state index in [1.807, 2.05) is 6.08 Å². The van der Waals surface area contributed by atoms with Gasteiger partial charge in [0.25, 0.3) is 0 Å². The van der Waals surface area contributed by atoms with Gasteiger partial charge in [0, 0.05) is 0 Å². The Morgan fingerprint density at radius 3 is 2.50 bits per heavy atom. The normalized spacial score (nSPS) is 12.8. The number of aliphatic hydroxyl groups is 1. The van der Waals surface area contributed by atoms with Gasteiger partial charge in [-0.15, -0.1) is 0 Å². The highest BCUT2D eigenvalue weighted by Crippen LogP contribution is 2.08. The second kappa shape index (κ2) is 6.40. The van der Waals surface area contributed by atoms with Crippen molar-refractivity contribution >= 4 is 0 Å². The fourth-order valence-electron chi connectivity index (χ4n) is 0.878. The minimum atomic E-state index is 1.07. The molecule has 0 saturated carbocycles. The molecular formula is C9H16O. The van der Waals surface area contributed by atoms with E-state index in [1.54, 1.807) is 6.08 Å². The minimum absolute atomic E-state index is 1.07. The predicted molar refractivity (Wildman–Crippen MR) is 45.1 cm³/mol. The molecule has 0 aliphatic heterocycles. The summed E-state index contributed by atoms with van der Waals surface area (Å²) < 4.78 is 0. The van der Waals surface area contributed by atoms with E-state index in [0.29, 0.717) is 0 Å². The van der Waals surface area contributed by atoms with Crippen LogP contribution in [0.15, 0.2) is 24.0 Å². The standard InChI is InChI=1S/C9H16O/c1-3-6-9(4-2)7-5-8-10/h5,7-8,10H,3-4,6H2,1-2H3/b8-5+,9-7+. The van der Waals surface area contributed by atoms with Gasteiger partial charge in [-0.25, -0.2) is 0 Å². The summed E-state index contributed by atoms with van der Waals surface area (Å²) in [6.07, 6.45) is 8.13. The van der Waals surface area contributed by atoms with Crippen molar-refractivity contribution < 1.29 is 5.11 Å². The van der Waals surface area contributed by atoms with Gasteiger partial charge in [-0.1, -0.05) is 31.9 Å². The summed E-state index contributed by atoms with van der Waals surface area (Å²) in [5, 5.41) is 8.35. The third-order valence-electron chi connectivity index (χ3n) is 1.44. The van der Waals surface area contributed by atoms with Crippen LogP contribution in [-0.4, -0.2) is 5.11 Å². The Bertz CT molecular complexity index is 123. The van der Waals surface area contributed by atoms with Crippen LogP contribution < -0.4 is 0 Å². The molecule has 0 radical (unpaired) electrons. The largest absolute Gasteiger partial charge is 0.516 e. The fourth-order valence-corrected chi connectivity index (χ4v) is 0.878. The summed E-state index contributed by atoms with van der Waals surface area (Å²) >= 11 is 0. The second-order valence-corrected chi connectivity index (χ2v) is 2.27. The molecular weight excluding hydrogens is 124 g/mol. The monoisotopic (exact) mass is 140 g/mol. The Morgan fingerprint density at radius 2 is 2.10 bits per heavy atom. The Balaban J connectivity index is 3.78. The predicted octanol–water partition coefficient (Wildman–Crippen LogP) is 3.19. The van der Waals surface area contributed by atoms with Crippen molar-refractivity contribution in [3.05, 3.63) is 24.0 Å². The smallest absolute Gasteiger partial charge is 0.0791 e. The molecule has 0 aromatic carbocycles. The highest BCUT2D eigenvalue weighted by Gasteiger charge is 1.88. The quantitative estimate of drug-likeness (QED) is 0.469. The molecule has 0 rings (SSSR count). The SMILES string of the molecule is CCC/C(=C/C=C/O)CC. The average molecular weight is 140 g/mol. The number of allylic oxidation sites excluding steroid dienone is 3. The van der Waals surface area contributed by atoms with Crippen LogP contribution in [0, 0.1) is 0 Å². The maximum atomic E-state index is 8.35. The lowest BCUT2D eigenvalue weighted by atomic mass is 10.1. The van der Waals surface area contributed by atoms with Crippen molar-refractivity contribution in [3.8, 4) is 0 Å². The van der Waals surface area contributed by atoms with Crippen molar-refractivity contribution in [2.45, 2.75) is 33.1 Å². The zero-order valence-electron chi connectivity index (χ0n) is 6.80. The highest BCUT2D eigenvalue weighted by molar-refractivity contribution is 5.10. The van der Waals surface area contributed by atoms with Gasteiger partial charge < -0.3 is 5.11 Å². The Labute approximate surface area is 63.1 Å². The van der Waals surface area contributed by atoms with Crippen LogP contribution in [0.3, 0.4) is 0 Å². The first-order chi connectivity index (χ1) is 4.85. The zero-order chi connectivity index (χ0) is 7.82. The van der Waals surface area contributed by atoms with Crippen LogP contribution in [-0.2, 0) is 0 Å². The number of aliphatic hydroxyl groups excluding tert-OH is 1. The van der Waals surface area contributed by atoms with Gasteiger partial charge >= 0.3 is 0 Å². The molecule has 1 nitrogen and oxygen atoms in total. The van der Waals surface area contributed by atoms with Crippen LogP contribution in [0.4, 0.5) is 0 Å². The lowest BCUT2D eigenvalue weighted by Gasteiger charge is -1.98. The molecule has 1 heteroatoms. The molecule has 0 spiro atoms. The highest BCUT2D eigenvalue weighted by atomic mass is 16.2. The maximum Gasteiger partial charge on any atom is 0.0791 e. The fraction of sp³-hybridized carbons (Fsp3) is 0.556. The molecule has 1 N–H and O–H groups in total. The van der Waals surface area contributed by atoms with Gasteiger partial charge in [-0.05, 0) is 18.9 Å². The number of hydrogen-bond donors (Lipinski definition) is 1. The number of hydrogen-bond acceptors (Lipinski definition) is 1. The topological polar surface area (TPSA) is 20.2 Å². The molecule has 58 valence electrons. The molecule has 0 aromatic heterocycles. The molecule has 0 aromatic rings. The van der Waals surface area contributed by atoms with Crippen LogP contribution in [0.1, 0.15) is 33.1 Å². The second-order valence-electron chi connectivity index (χ2n) is 2.27. The molecule has 0 heterocycles. The molecule has 0 fully saturated rings.